The van der Waals surface area contributed by atoms with Gasteiger partial charge in [0.1, 0.15) is 5.76 Å². The van der Waals surface area contributed by atoms with Crippen LogP contribution in [0.25, 0.3) is 0 Å². The van der Waals surface area contributed by atoms with Gasteiger partial charge in [-0.25, -0.2) is 0 Å². The number of rotatable bonds is 5. The minimum absolute atomic E-state index is 0.0579. The molecule has 0 radical (unpaired) electrons. The molecule has 0 bridgehead atoms. The topological polar surface area (TPSA) is 46.3 Å². The molecule has 128 valence electrons. The van der Waals surface area contributed by atoms with Crippen molar-refractivity contribution in [1.82, 2.24) is 4.98 Å². The zero-order valence-corrected chi connectivity index (χ0v) is 14.2. The zero-order valence-electron chi connectivity index (χ0n) is 14.2. The van der Waals surface area contributed by atoms with Crippen molar-refractivity contribution in [2.75, 3.05) is 4.90 Å². The van der Waals surface area contributed by atoms with Crippen LogP contribution < -0.4 is 4.90 Å². The van der Waals surface area contributed by atoms with E-state index in [0.717, 1.165) is 29.0 Å². The van der Waals surface area contributed by atoms with Crippen molar-refractivity contribution in [3.63, 3.8) is 0 Å². The van der Waals surface area contributed by atoms with Crippen LogP contribution in [0.15, 0.2) is 71.6 Å². The van der Waals surface area contributed by atoms with Gasteiger partial charge in [-0.05, 0) is 54.4 Å². The lowest BCUT2D eigenvalue weighted by Gasteiger charge is -2.23. The Morgan fingerprint density at radius 2 is 2.08 bits per heavy atom. The van der Waals surface area contributed by atoms with Crippen molar-refractivity contribution in [2.45, 2.75) is 18.9 Å². The molecule has 0 spiro atoms. The third-order valence-electron chi connectivity index (χ3n) is 4.70. The molecule has 1 saturated carbocycles. The lowest BCUT2D eigenvalue weighted by atomic mass is 10.1. The van der Waals surface area contributed by atoms with E-state index in [-0.39, 0.29) is 17.7 Å². The summed E-state index contributed by atoms with van der Waals surface area (Å²) in [6.07, 6.45) is 11.5. The second-order valence-corrected chi connectivity index (χ2v) is 6.44. The van der Waals surface area contributed by atoms with Crippen molar-refractivity contribution in [3.8, 4) is 12.3 Å². The van der Waals surface area contributed by atoms with Gasteiger partial charge in [0.15, 0.2) is 0 Å². The van der Waals surface area contributed by atoms with Gasteiger partial charge in [0.25, 0.3) is 0 Å². The molecule has 1 aromatic carbocycles. The summed E-state index contributed by atoms with van der Waals surface area (Å²) in [5.41, 5.74) is 2.59. The summed E-state index contributed by atoms with van der Waals surface area (Å²) in [5.74, 6) is 3.71. The Bertz CT molecular complexity index is 942. The van der Waals surface area contributed by atoms with E-state index < -0.39 is 0 Å². The van der Waals surface area contributed by atoms with Crippen LogP contribution in [0, 0.1) is 18.3 Å². The number of furan rings is 1. The average Bonchev–Trinajstić information content (AvgIpc) is 3.31. The van der Waals surface area contributed by atoms with E-state index in [1.807, 2.05) is 53.4 Å². The fraction of sp³-hybridized carbons (Fsp3) is 0.182. The van der Waals surface area contributed by atoms with Gasteiger partial charge >= 0.3 is 0 Å². The van der Waals surface area contributed by atoms with Gasteiger partial charge in [0.05, 0.1) is 12.8 Å². The Balaban J connectivity index is 1.62. The molecular weight excluding hydrogens is 324 g/mol. The first-order valence-corrected chi connectivity index (χ1v) is 8.56. The van der Waals surface area contributed by atoms with Crippen molar-refractivity contribution in [2.24, 2.45) is 5.92 Å². The molecular formula is C22H18N2O2. The van der Waals surface area contributed by atoms with E-state index in [1.165, 1.54) is 0 Å². The average molecular weight is 342 g/mol. The highest BCUT2D eigenvalue weighted by Gasteiger charge is 2.47. The normalized spacial score (nSPS) is 18.1. The van der Waals surface area contributed by atoms with Gasteiger partial charge in [-0.2, -0.15) is 0 Å². The highest BCUT2D eigenvalue weighted by Crippen LogP contribution is 2.49. The van der Waals surface area contributed by atoms with Crippen LogP contribution in [0.1, 0.15) is 29.2 Å². The third kappa shape index (κ3) is 3.25. The van der Waals surface area contributed by atoms with Crippen molar-refractivity contribution in [1.29, 1.82) is 0 Å². The molecule has 0 unspecified atom stereocenters. The maximum Gasteiger partial charge on any atom is 0.231 e. The molecule has 4 rings (SSSR count). The molecule has 26 heavy (non-hydrogen) atoms. The number of amides is 1. The number of terminal acetylenes is 1. The number of hydrogen-bond acceptors (Lipinski definition) is 3. The van der Waals surface area contributed by atoms with Gasteiger partial charge in [-0.15, -0.1) is 6.42 Å². The zero-order chi connectivity index (χ0) is 17.9. The lowest BCUT2D eigenvalue weighted by molar-refractivity contribution is -0.120. The van der Waals surface area contributed by atoms with Crippen LogP contribution in [0.3, 0.4) is 0 Å². The standard InChI is InChI=1S/C22H18N2O2/c1-2-16-5-3-6-18(13-16)24(15-17-8-10-23-11-9-17)22(25)20-14-19(20)21-7-4-12-26-21/h1,3-13,19-20H,14-15H2/t19-,20+/m0/s1. The Morgan fingerprint density at radius 1 is 1.23 bits per heavy atom. The Kier molecular flexibility index (Phi) is 4.28. The highest BCUT2D eigenvalue weighted by atomic mass is 16.3. The number of hydrogen-bond donors (Lipinski definition) is 0. The highest BCUT2D eigenvalue weighted by molar-refractivity contribution is 5.97. The van der Waals surface area contributed by atoms with Gasteiger partial charge in [-0.1, -0.05) is 12.0 Å². The van der Waals surface area contributed by atoms with E-state index in [2.05, 4.69) is 10.9 Å². The molecule has 2 aromatic heterocycles. The summed E-state index contributed by atoms with van der Waals surface area (Å²) in [5, 5.41) is 0. The Morgan fingerprint density at radius 3 is 2.81 bits per heavy atom. The van der Waals surface area contributed by atoms with Crippen LogP contribution in [0.5, 0.6) is 0 Å². The molecule has 1 aliphatic carbocycles. The summed E-state index contributed by atoms with van der Waals surface area (Å²) in [4.78, 5) is 19.1. The van der Waals surface area contributed by atoms with E-state index in [4.69, 9.17) is 10.8 Å². The van der Waals surface area contributed by atoms with E-state index in [0.29, 0.717) is 6.54 Å². The van der Waals surface area contributed by atoms with Gasteiger partial charge in [-0.3, -0.25) is 9.78 Å². The van der Waals surface area contributed by atoms with Crippen LogP contribution in [-0.2, 0) is 11.3 Å². The van der Waals surface area contributed by atoms with Crippen LogP contribution in [-0.4, -0.2) is 10.9 Å². The SMILES string of the molecule is C#Cc1cccc(N(Cc2ccncc2)C(=O)[C@@H]2C[C@@H]2c2ccco2)c1. The number of nitrogens with zero attached hydrogens (tertiary/aromatic N) is 2. The Labute approximate surface area is 152 Å². The number of pyridine rings is 1. The third-order valence-corrected chi connectivity index (χ3v) is 4.70. The van der Waals surface area contributed by atoms with Crippen LogP contribution in [0.2, 0.25) is 0 Å². The molecule has 0 aliphatic heterocycles. The van der Waals surface area contributed by atoms with Crippen molar-refractivity contribution >= 4 is 11.6 Å². The van der Waals surface area contributed by atoms with Crippen molar-refractivity contribution < 1.29 is 9.21 Å². The van der Waals surface area contributed by atoms with Gasteiger partial charge in [0, 0.05) is 35.5 Å². The van der Waals surface area contributed by atoms with Gasteiger partial charge < -0.3 is 9.32 Å². The maximum absolute atomic E-state index is 13.2. The number of benzene rings is 1. The smallest absolute Gasteiger partial charge is 0.231 e. The second kappa shape index (κ2) is 6.89. The first-order valence-electron chi connectivity index (χ1n) is 8.56. The molecule has 2 heterocycles. The van der Waals surface area contributed by atoms with Crippen LogP contribution in [0.4, 0.5) is 5.69 Å². The molecule has 3 aromatic rings. The number of carbonyl (C=O) groups is 1. The molecule has 2 atom stereocenters. The van der Waals surface area contributed by atoms with E-state index in [1.54, 1.807) is 18.7 Å². The summed E-state index contributed by atoms with van der Waals surface area (Å²) in [6.45, 7) is 0.483. The molecule has 1 amide bonds. The first kappa shape index (κ1) is 16.2. The van der Waals surface area contributed by atoms with Gasteiger partial charge in [0.2, 0.25) is 5.91 Å². The van der Waals surface area contributed by atoms with E-state index >= 15 is 0 Å². The molecule has 1 fully saturated rings. The first-order chi connectivity index (χ1) is 12.8. The monoisotopic (exact) mass is 342 g/mol. The number of aromatic nitrogens is 1. The molecule has 4 heteroatoms. The second-order valence-electron chi connectivity index (χ2n) is 6.44. The summed E-state index contributed by atoms with van der Waals surface area (Å²) in [6, 6.07) is 15.2. The molecule has 1 aliphatic rings. The van der Waals surface area contributed by atoms with Crippen molar-refractivity contribution in [3.05, 3.63) is 84.1 Å². The Hall–Kier alpha value is -3.32. The minimum atomic E-state index is -0.0579. The largest absolute Gasteiger partial charge is 0.469 e. The summed E-state index contributed by atoms with van der Waals surface area (Å²) in [7, 11) is 0. The van der Waals surface area contributed by atoms with E-state index in [9.17, 15) is 4.79 Å². The molecule has 0 N–H and O–H groups in total. The quantitative estimate of drug-likeness (QED) is 0.659. The lowest BCUT2D eigenvalue weighted by Crippen LogP contribution is -2.32. The summed E-state index contributed by atoms with van der Waals surface area (Å²) < 4.78 is 5.47. The number of anilines is 1. The maximum atomic E-state index is 13.2. The summed E-state index contributed by atoms with van der Waals surface area (Å²) >= 11 is 0. The minimum Gasteiger partial charge on any atom is -0.469 e. The molecule has 0 saturated heterocycles. The van der Waals surface area contributed by atoms with Crippen LogP contribution >= 0.6 is 0 Å². The fourth-order valence-corrected chi connectivity index (χ4v) is 3.22. The number of carbonyl (C=O) groups excluding carboxylic acids is 1. The predicted octanol–water partition coefficient (Wildman–Crippen LogP) is 3.99. The predicted molar refractivity (Wildman–Crippen MR) is 99.4 cm³/mol. The molecule has 4 nitrogen and oxygen atoms in total. The fourth-order valence-electron chi connectivity index (χ4n) is 3.22.